The van der Waals surface area contributed by atoms with Gasteiger partial charge in [-0.15, -0.1) is 0 Å². The second-order valence-electron chi connectivity index (χ2n) is 5.99. The average molecular weight is 272 g/mol. The number of nitrogens with zero attached hydrogens (tertiary/aromatic N) is 2. The van der Waals surface area contributed by atoms with Gasteiger partial charge in [0.2, 0.25) is 5.91 Å². The van der Waals surface area contributed by atoms with Crippen molar-refractivity contribution >= 4 is 17.3 Å². The molecular weight excluding hydrogens is 252 g/mol. The van der Waals surface area contributed by atoms with Gasteiger partial charge in [-0.05, 0) is 25.0 Å². The molecule has 2 aliphatic heterocycles. The van der Waals surface area contributed by atoms with Gasteiger partial charge in [0.15, 0.2) is 0 Å². The Labute approximate surface area is 118 Å². The van der Waals surface area contributed by atoms with E-state index in [1.54, 1.807) is 0 Å². The number of rotatable bonds is 2. The first-order valence-corrected chi connectivity index (χ1v) is 7.42. The third-order valence-corrected chi connectivity index (χ3v) is 4.65. The molecule has 106 valence electrons. The van der Waals surface area contributed by atoms with Gasteiger partial charge in [-0.1, -0.05) is 6.07 Å². The molecule has 1 saturated carbocycles. The minimum atomic E-state index is -0.509. The number of hydrogen-bond acceptors (Lipinski definition) is 4. The number of anilines is 2. The molecule has 2 fully saturated rings. The SMILES string of the molecule is NC1C(=O)Nc2cc(N3CCN(C4CC4)CC3)ccc21. The van der Waals surface area contributed by atoms with Gasteiger partial charge in [0, 0.05) is 49.2 Å². The second kappa shape index (κ2) is 4.46. The molecule has 20 heavy (non-hydrogen) atoms. The van der Waals surface area contributed by atoms with Crippen molar-refractivity contribution in [2.24, 2.45) is 5.73 Å². The number of nitrogens with two attached hydrogens (primary N) is 1. The highest BCUT2D eigenvalue weighted by atomic mass is 16.2. The minimum absolute atomic E-state index is 0.101. The van der Waals surface area contributed by atoms with E-state index in [0.717, 1.165) is 43.5 Å². The Morgan fingerprint density at radius 3 is 2.60 bits per heavy atom. The zero-order valence-electron chi connectivity index (χ0n) is 11.5. The fraction of sp³-hybridized carbons (Fsp3) is 0.533. The first kappa shape index (κ1) is 12.2. The first-order valence-electron chi connectivity index (χ1n) is 7.42. The second-order valence-corrected chi connectivity index (χ2v) is 5.99. The van der Waals surface area contributed by atoms with Crippen LogP contribution in [-0.4, -0.2) is 43.0 Å². The molecule has 3 aliphatic rings. The third kappa shape index (κ3) is 1.98. The highest BCUT2D eigenvalue weighted by molar-refractivity contribution is 6.02. The van der Waals surface area contributed by atoms with Crippen LogP contribution in [0.2, 0.25) is 0 Å². The van der Waals surface area contributed by atoms with Gasteiger partial charge in [0.05, 0.1) is 0 Å². The van der Waals surface area contributed by atoms with E-state index in [1.165, 1.54) is 18.5 Å². The summed E-state index contributed by atoms with van der Waals surface area (Å²) in [5, 5.41) is 2.86. The lowest BCUT2D eigenvalue weighted by molar-refractivity contribution is -0.116. The highest BCUT2D eigenvalue weighted by Crippen LogP contribution is 2.34. The van der Waals surface area contributed by atoms with Crippen molar-refractivity contribution in [2.45, 2.75) is 24.9 Å². The van der Waals surface area contributed by atoms with E-state index in [1.807, 2.05) is 6.07 Å². The molecule has 0 bridgehead atoms. The molecule has 5 nitrogen and oxygen atoms in total. The van der Waals surface area contributed by atoms with E-state index >= 15 is 0 Å². The predicted octanol–water partition coefficient (Wildman–Crippen LogP) is 0.923. The van der Waals surface area contributed by atoms with Crippen LogP contribution in [0, 0.1) is 0 Å². The summed E-state index contributed by atoms with van der Waals surface area (Å²) in [6.07, 6.45) is 2.76. The molecule has 1 saturated heterocycles. The van der Waals surface area contributed by atoms with Crippen LogP contribution < -0.4 is 16.0 Å². The molecular formula is C15H20N4O. The first-order chi connectivity index (χ1) is 9.72. The number of carbonyl (C=O) groups is 1. The maximum Gasteiger partial charge on any atom is 0.245 e. The Kier molecular flexibility index (Phi) is 2.72. The lowest BCUT2D eigenvalue weighted by atomic mass is 10.1. The predicted molar refractivity (Wildman–Crippen MR) is 78.8 cm³/mol. The molecule has 1 aromatic rings. The molecule has 1 aliphatic carbocycles. The minimum Gasteiger partial charge on any atom is -0.369 e. The van der Waals surface area contributed by atoms with Gasteiger partial charge in [-0.25, -0.2) is 0 Å². The maximum absolute atomic E-state index is 11.6. The van der Waals surface area contributed by atoms with Crippen molar-refractivity contribution in [3.8, 4) is 0 Å². The maximum atomic E-state index is 11.6. The Hall–Kier alpha value is -1.59. The molecule has 2 heterocycles. The number of fused-ring (bicyclic) bond motifs is 1. The van der Waals surface area contributed by atoms with E-state index in [9.17, 15) is 4.79 Å². The fourth-order valence-electron chi connectivity index (χ4n) is 3.26. The number of nitrogens with one attached hydrogen (secondary N) is 1. The Bertz CT molecular complexity index is 547. The summed E-state index contributed by atoms with van der Waals surface area (Å²) in [6, 6.07) is 6.49. The van der Waals surface area contributed by atoms with Crippen LogP contribution in [0.15, 0.2) is 18.2 Å². The number of amides is 1. The van der Waals surface area contributed by atoms with Crippen LogP contribution in [0.4, 0.5) is 11.4 Å². The highest BCUT2D eigenvalue weighted by Gasteiger charge is 2.32. The topological polar surface area (TPSA) is 61.6 Å². The van der Waals surface area contributed by atoms with E-state index in [4.69, 9.17) is 5.73 Å². The Morgan fingerprint density at radius 2 is 1.90 bits per heavy atom. The van der Waals surface area contributed by atoms with Gasteiger partial charge in [0.25, 0.3) is 0 Å². The summed E-state index contributed by atoms with van der Waals surface area (Å²) < 4.78 is 0. The monoisotopic (exact) mass is 272 g/mol. The van der Waals surface area contributed by atoms with Gasteiger partial charge in [0.1, 0.15) is 6.04 Å². The van der Waals surface area contributed by atoms with Crippen molar-refractivity contribution in [3.63, 3.8) is 0 Å². The average Bonchev–Trinajstić information content (AvgIpc) is 3.27. The van der Waals surface area contributed by atoms with Crippen LogP contribution >= 0.6 is 0 Å². The smallest absolute Gasteiger partial charge is 0.245 e. The van der Waals surface area contributed by atoms with E-state index < -0.39 is 6.04 Å². The number of benzene rings is 1. The molecule has 4 rings (SSSR count). The third-order valence-electron chi connectivity index (χ3n) is 4.65. The van der Waals surface area contributed by atoms with Crippen LogP contribution in [0.5, 0.6) is 0 Å². The van der Waals surface area contributed by atoms with Crippen LogP contribution in [0.3, 0.4) is 0 Å². The van der Waals surface area contributed by atoms with E-state index in [0.29, 0.717) is 0 Å². The molecule has 3 N–H and O–H groups in total. The molecule has 0 aromatic heterocycles. The molecule has 0 spiro atoms. The summed E-state index contributed by atoms with van der Waals surface area (Å²) in [7, 11) is 0. The molecule has 1 amide bonds. The number of carbonyl (C=O) groups excluding carboxylic acids is 1. The summed E-state index contributed by atoms with van der Waals surface area (Å²) in [5.41, 5.74) is 8.82. The van der Waals surface area contributed by atoms with Crippen LogP contribution in [0.1, 0.15) is 24.4 Å². The number of hydrogen-bond donors (Lipinski definition) is 2. The van der Waals surface area contributed by atoms with Crippen molar-refractivity contribution < 1.29 is 4.79 Å². The fourth-order valence-corrected chi connectivity index (χ4v) is 3.26. The van der Waals surface area contributed by atoms with Crippen molar-refractivity contribution in [1.29, 1.82) is 0 Å². The zero-order chi connectivity index (χ0) is 13.7. The normalized spacial score (nSPS) is 26.6. The zero-order valence-corrected chi connectivity index (χ0v) is 11.5. The Balaban J connectivity index is 1.50. The lowest BCUT2D eigenvalue weighted by Gasteiger charge is -2.36. The quantitative estimate of drug-likeness (QED) is 0.840. The van der Waals surface area contributed by atoms with Gasteiger partial charge >= 0.3 is 0 Å². The van der Waals surface area contributed by atoms with Crippen LogP contribution in [0.25, 0.3) is 0 Å². The summed E-state index contributed by atoms with van der Waals surface area (Å²) >= 11 is 0. The van der Waals surface area contributed by atoms with Crippen molar-refractivity contribution in [2.75, 3.05) is 36.4 Å². The largest absolute Gasteiger partial charge is 0.369 e. The standard InChI is InChI=1S/C15H20N4O/c16-14-12-4-3-11(9-13(12)17-15(14)20)19-7-5-18(6-8-19)10-1-2-10/h3-4,9-10,14H,1-2,5-8,16H2,(H,17,20). The van der Waals surface area contributed by atoms with Gasteiger partial charge in [-0.3, -0.25) is 9.69 Å². The summed E-state index contributed by atoms with van der Waals surface area (Å²) in [6.45, 7) is 4.42. The van der Waals surface area contributed by atoms with Crippen LogP contribution in [-0.2, 0) is 4.79 Å². The Morgan fingerprint density at radius 1 is 1.15 bits per heavy atom. The van der Waals surface area contributed by atoms with Gasteiger partial charge < -0.3 is 16.0 Å². The molecule has 1 aromatic carbocycles. The lowest BCUT2D eigenvalue weighted by Crippen LogP contribution is -2.47. The van der Waals surface area contributed by atoms with E-state index in [2.05, 4.69) is 27.2 Å². The molecule has 0 radical (unpaired) electrons. The van der Waals surface area contributed by atoms with Crippen molar-refractivity contribution in [3.05, 3.63) is 23.8 Å². The molecule has 1 unspecified atom stereocenters. The molecule has 5 heteroatoms. The summed E-state index contributed by atoms with van der Waals surface area (Å²) in [4.78, 5) is 16.6. The summed E-state index contributed by atoms with van der Waals surface area (Å²) in [5.74, 6) is -0.101. The number of piperazine rings is 1. The molecule has 1 atom stereocenters. The van der Waals surface area contributed by atoms with E-state index in [-0.39, 0.29) is 5.91 Å². The van der Waals surface area contributed by atoms with Gasteiger partial charge in [-0.2, -0.15) is 0 Å². The van der Waals surface area contributed by atoms with Crippen molar-refractivity contribution in [1.82, 2.24) is 4.90 Å².